The van der Waals surface area contributed by atoms with Crippen LogP contribution in [0.2, 0.25) is 0 Å². The first-order chi connectivity index (χ1) is 14.1. The molecule has 3 aromatic rings. The Hall–Kier alpha value is -2.59. The summed E-state index contributed by atoms with van der Waals surface area (Å²) in [5, 5.41) is 13.9. The van der Waals surface area contributed by atoms with E-state index < -0.39 is 22.9 Å². The predicted molar refractivity (Wildman–Crippen MR) is 115 cm³/mol. The number of aryl methyl sites for hydroxylation is 1. The Bertz CT molecular complexity index is 1050. The van der Waals surface area contributed by atoms with Gasteiger partial charge in [-0.15, -0.1) is 10.2 Å². The summed E-state index contributed by atoms with van der Waals surface area (Å²) < 4.78 is 39.0. The van der Waals surface area contributed by atoms with Crippen LogP contribution < -0.4 is 10.6 Å². The first-order valence-corrected chi connectivity index (χ1v) is 10.6. The van der Waals surface area contributed by atoms with Crippen LogP contribution in [0.5, 0.6) is 0 Å². The number of rotatable bonds is 6. The van der Waals surface area contributed by atoms with E-state index in [4.69, 9.17) is 0 Å². The van der Waals surface area contributed by atoms with E-state index in [0.29, 0.717) is 9.47 Å². The van der Waals surface area contributed by atoms with Crippen molar-refractivity contribution in [2.24, 2.45) is 0 Å². The van der Waals surface area contributed by atoms with Gasteiger partial charge in [0.15, 0.2) is 4.34 Å². The van der Waals surface area contributed by atoms with Crippen LogP contribution in [0, 0.1) is 13.8 Å². The minimum Gasteiger partial charge on any atom is -0.330 e. The molecule has 0 radical (unpaired) electrons. The largest absolute Gasteiger partial charge is 0.416 e. The summed E-state index contributed by atoms with van der Waals surface area (Å²) in [7, 11) is 0. The molecule has 3 rings (SSSR count). The number of hydrogen-bond acceptors (Lipinski definition) is 6. The van der Waals surface area contributed by atoms with Crippen molar-refractivity contribution in [2.75, 3.05) is 10.6 Å². The lowest BCUT2D eigenvalue weighted by molar-refractivity contribution is -0.137. The summed E-state index contributed by atoms with van der Waals surface area (Å²) in [4.78, 5) is 12.4. The molecule has 10 heteroatoms. The number of halogens is 3. The fraction of sp³-hybridized carbons (Fsp3) is 0.250. The van der Waals surface area contributed by atoms with Crippen LogP contribution in [0.3, 0.4) is 0 Å². The average molecular weight is 453 g/mol. The van der Waals surface area contributed by atoms with E-state index in [1.54, 1.807) is 6.92 Å². The maximum Gasteiger partial charge on any atom is 0.416 e. The molecule has 0 spiro atoms. The third kappa shape index (κ3) is 5.51. The summed E-state index contributed by atoms with van der Waals surface area (Å²) in [6.07, 6.45) is -4.47. The van der Waals surface area contributed by atoms with Gasteiger partial charge < -0.3 is 10.6 Å². The van der Waals surface area contributed by atoms with E-state index in [0.717, 1.165) is 28.9 Å². The molecule has 0 aliphatic heterocycles. The van der Waals surface area contributed by atoms with Crippen molar-refractivity contribution >= 4 is 45.5 Å². The Kier molecular flexibility index (Phi) is 6.67. The molecule has 0 aliphatic rings. The normalized spacial score (nSPS) is 12.5. The summed E-state index contributed by atoms with van der Waals surface area (Å²) in [5.41, 5.74) is 2.47. The molecule has 0 saturated heterocycles. The van der Waals surface area contributed by atoms with Crippen LogP contribution in [-0.2, 0) is 11.0 Å². The summed E-state index contributed by atoms with van der Waals surface area (Å²) in [6, 6.07) is 10.5. The molecule has 0 saturated carbocycles. The topological polar surface area (TPSA) is 66.9 Å². The molecule has 2 aromatic carbocycles. The van der Waals surface area contributed by atoms with Gasteiger partial charge >= 0.3 is 6.18 Å². The van der Waals surface area contributed by atoms with Gasteiger partial charge in [0.1, 0.15) is 0 Å². The SMILES string of the molecule is Cc1cccc(Nc2nnc(SC(C)C(=O)Nc3cccc(C(F)(F)F)c3)s2)c1C. The van der Waals surface area contributed by atoms with E-state index in [1.165, 1.54) is 35.2 Å². The van der Waals surface area contributed by atoms with E-state index in [1.807, 2.05) is 32.0 Å². The molecule has 1 aromatic heterocycles. The van der Waals surface area contributed by atoms with Crippen molar-refractivity contribution in [3.8, 4) is 0 Å². The number of carbonyl (C=O) groups excluding carboxylic acids is 1. The minimum atomic E-state index is -4.47. The Morgan fingerprint density at radius 2 is 1.87 bits per heavy atom. The van der Waals surface area contributed by atoms with Gasteiger partial charge in [-0.25, -0.2) is 0 Å². The smallest absolute Gasteiger partial charge is 0.330 e. The zero-order valence-electron chi connectivity index (χ0n) is 16.4. The summed E-state index contributed by atoms with van der Waals surface area (Å²) in [5.74, 6) is -0.418. The standard InChI is InChI=1S/C20H19F3N4OS2/c1-11-6-4-9-16(12(11)2)25-18-26-27-19(30-18)29-13(3)17(28)24-15-8-5-7-14(10-15)20(21,22)23/h4-10,13H,1-3H3,(H,24,28)(H,25,26). The highest BCUT2D eigenvalue weighted by molar-refractivity contribution is 8.02. The highest BCUT2D eigenvalue weighted by Crippen LogP contribution is 2.33. The molecule has 1 amide bonds. The van der Waals surface area contributed by atoms with Crippen molar-refractivity contribution in [1.29, 1.82) is 0 Å². The highest BCUT2D eigenvalue weighted by atomic mass is 32.2. The van der Waals surface area contributed by atoms with Crippen LogP contribution in [-0.4, -0.2) is 21.4 Å². The lowest BCUT2D eigenvalue weighted by Gasteiger charge is -2.12. The summed E-state index contributed by atoms with van der Waals surface area (Å²) >= 11 is 2.49. The second-order valence-corrected chi connectivity index (χ2v) is 9.14. The van der Waals surface area contributed by atoms with Crippen LogP contribution in [0.4, 0.5) is 29.7 Å². The first kappa shape index (κ1) is 22.1. The van der Waals surface area contributed by atoms with Gasteiger partial charge in [0.25, 0.3) is 0 Å². The molecule has 0 fully saturated rings. The Labute approximate surface area is 180 Å². The Morgan fingerprint density at radius 1 is 1.13 bits per heavy atom. The average Bonchev–Trinajstić information content (AvgIpc) is 3.12. The molecule has 2 N–H and O–H groups in total. The van der Waals surface area contributed by atoms with Crippen LogP contribution >= 0.6 is 23.1 Å². The fourth-order valence-corrected chi connectivity index (χ4v) is 4.44. The van der Waals surface area contributed by atoms with Crippen LogP contribution in [0.25, 0.3) is 0 Å². The quantitative estimate of drug-likeness (QED) is 0.447. The van der Waals surface area contributed by atoms with Crippen molar-refractivity contribution in [3.05, 3.63) is 59.2 Å². The van der Waals surface area contributed by atoms with Gasteiger partial charge in [-0.05, 0) is 56.2 Å². The maximum atomic E-state index is 12.8. The number of aromatic nitrogens is 2. The lowest BCUT2D eigenvalue weighted by atomic mass is 10.1. The van der Waals surface area contributed by atoms with E-state index in [9.17, 15) is 18.0 Å². The molecule has 1 unspecified atom stereocenters. The third-order valence-electron chi connectivity index (χ3n) is 4.36. The molecule has 0 bridgehead atoms. The zero-order valence-corrected chi connectivity index (χ0v) is 18.0. The third-order valence-corrected chi connectivity index (χ3v) is 6.38. The van der Waals surface area contributed by atoms with Gasteiger partial charge in [0.05, 0.1) is 10.8 Å². The molecular weight excluding hydrogens is 433 g/mol. The van der Waals surface area contributed by atoms with Crippen LogP contribution in [0.15, 0.2) is 46.8 Å². The second-order valence-electron chi connectivity index (χ2n) is 6.57. The van der Waals surface area contributed by atoms with Gasteiger partial charge in [-0.2, -0.15) is 13.2 Å². The van der Waals surface area contributed by atoms with Crippen LogP contribution in [0.1, 0.15) is 23.6 Å². The second kappa shape index (κ2) is 9.05. The zero-order chi connectivity index (χ0) is 21.9. The lowest BCUT2D eigenvalue weighted by Crippen LogP contribution is -2.22. The fourth-order valence-electron chi connectivity index (χ4n) is 2.53. The number of nitrogens with one attached hydrogen (secondary N) is 2. The van der Waals surface area contributed by atoms with Crippen molar-refractivity contribution in [3.63, 3.8) is 0 Å². The molecule has 1 atom stereocenters. The summed E-state index contributed by atoms with van der Waals surface area (Å²) in [6.45, 7) is 5.69. The number of alkyl halides is 3. The Balaban J connectivity index is 1.62. The maximum absolute atomic E-state index is 12.8. The number of anilines is 3. The highest BCUT2D eigenvalue weighted by Gasteiger charge is 2.30. The van der Waals surface area contributed by atoms with Crippen molar-refractivity contribution in [1.82, 2.24) is 10.2 Å². The molecule has 30 heavy (non-hydrogen) atoms. The van der Waals surface area contributed by atoms with Gasteiger partial charge in [-0.3, -0.25) is 4.79 Å². The Morgan fingerprint density at radius 3 is 2.60 bits per heavy atom. The van der Waals surface area contributed by atoms with E-state index >= 15 is 0 Å². The predicted octanol–water partition coefficient (Wildman–Crippen LogP) is 6.04. The van der Waals surface area contributed by atoms with Crippen molar-refractivity contribution in [2.45, 2.75) is 36.5 Å². The number of benzene rings is 2. The number of thioether (sulfide) groups is 1. The first-order valence-electron chi connectivity index (χ1n) is 8.95. The number of nitrogens with zero attached hydrogens (tertiary/aromatic N) is 2. The molecule has 158 valence electrons. The molecule has 0 aliphatic carbocycles. The minimum absolute atomic E-state index is 0.0943. The molecule has 5 nitrogen and oxygen atoms in total. The van der Waals surface area contributed by atoms with Crippen molar-refractivity contribution < 1.29 is 18.0 Å². The van der Waals surface area contributed by atoms with Gasteiger partial charge in [0.2, 0.25) is 11.0 Å². The van der Waals surface area contributed by atoms with Gasteiger partial charge in [0, 0.05) is 11.4 Å². The monoisotopic (exact) mass is 452 g/mol. The number of amides is 1. The van der Waals surface area contributed by atoms with Gasteiger partial charge in [-0.1, -0.05) is 41.3 Å². The molecule has 1 heterocycles. The van der Waals surface area contributed by atoms with E-state index in [-0.39, 0.29) is 5.69 Å². The number of carbonyl (C=O) groups is 1. The van der Waals surface area contributed by atoms with E-state index in [2.05, 4.69) is 20.8 Å². The number of hydrogen-bond donors (Lipinski definition) is 2. The molecular formula is C20H19F3N4OS2.